The number of phenolic OH excluding ortho intramolecular Hbond substituents is 1. The van der Waals surface area contributed by atoms with E-state index in [1.165, 1.54) is 6.07 Å². The van der Waals surface area contributed by atoms with E-state index in [-0.39, 0.29) is 18.6 Å². The molecule has 2 aromatic rings. The maximum atomic E-state index is 10.4. The fraction of sp³-hybridized carbons (Fsp3) is 0.200. The van der Waals surface area contributed by atoms with Gasteiger partial charge in [0.2, 0.25) is 0 Å². The van der Waals surface area contributed by atoms with Crippen molar-refractivity contribution in [3.8, 4) is 5.75 Å². The van der Waals surface area contributed by atoms with Crippen molar-refractivity contribution in [2.24, 2.45) is 0 Å². The molecule has 2 rings (SSSR count). The number of aryl methyl sites for hydroxylation is 1. The summed E-state index contributed by atoms with van der Waals surface area (Å²) in [6.45, 7) is 0. The minimum Gasteiger partial charge on any atom is -0.506 e. The molecule has 0 aliphatic carbocycles. The molecule has 5 nitrogen and oxygen atoms in total. The second-order valence-corrected chi connectivity index (χ2v) is 3.17. The van der Waals surface area contributed by atoms with Crippen LogP contribution in [-0.4, -0.2) is 21.3 Å². The van der Waals surface area contributed by atoms with Crippen LogP contribution in [0.5, 0.6) is 5.75 Å². The van der Waals surface area contributed by atoms with Crippen LogP contribution in [0.2, 0.25) is 0 Å². The maximum absolute atomic E-state index is 10.4. The van der Waals surface area contributed by atoms with E-state index in [4.69, 9.17) is 9.63 Å². The molecule has 0 aliphatic rings. The third-order valence-electron chi connectivity index (χ3n) is 2.13. The van der Waals surface area contributed by atoms with E-state index < -0.39 is 5.97 Å². The molecule has 0 bridgehead atoms. The summed E-state index contributed by atoms with van der Waals surface area (Å²) in [7, 11) is 0. The minimum atomic E-state index is -0.889. The van der Waals surface area contributed by atoms with Crippen LogP contribution in [0.3, 0.4) is 0 Å². The van der Waals surface area contributed by atoms with Gasteiger partial charge in [-0.2, -0.15) is 0 Å². The molecule has 0 spiro atoms. The molecular weight excluding hydrogens is 198 g/mol. The highest BCUT2D eigenvalue weighted by Gasteiger charge is 2.11. The zero-order valence-electron chi connectivity index (χ0n) is 7.80. The van der Waals surface area contributed by atoms with Gasteiger partial charge in [0.25, 0.3) is 0 Å². The number of carbonyl (C=O) groups is 1. The second kappa shape index (κ2) is 3.61. The number of aliphatic carboxylic acids is 1. The summed E-state index contributed by atoms with van der Waals surface area (Å²) in [6, 6.07) is 4.91. The highest BCUT2D eigenvalue weighted by atomic mass is 16.5. The molecule has 1 heterocycles. The number of fused-ring (bicyclic) bond motifs is 1. The number of aromatic nitrogens is 1. The highest BCUT2D eigenvalue weighted by molar-refractivity contribution is 5.85. The molecular formula is C10H9NO4. The fourth-order valence-electron chi connectivity index (χ4n) is 1.40. The number of hydrogen-bond acceptors (Lipinski definition) is 4. The third kappa shape index (κ3) is 1.76. The van der Waals surface area contributed by atoms with Crippen LogP contribution in [0.15, 0.2) is 22.7 Å². The summed E-state index contributed by atoms with van der Waals surface area (Å²) < 4.78 is 4.97. The zero-order chi connectivity index (χ0) is 10.8. The largest absolute Gasteiger partial charge is 0.506 e. The number of phenols is 1. The SMILES string of the molecule is O=C(O)CCc1onc2c(O)cccc12. The van der Waals surface area contributed by atoms with E-state index in [0.29, 0.717) is 16.7 Å². The Bertz CT molecular complexity index is 503. The van der Waals surface area contributed by atoms with Gasteiger partial charge in [-0.05, 0) is 12.1 Å². The van der Waals surface area contributed by atoms with Gasteiger partial charge < -0.3 is 14.7 Å². The van der Waals surface area contributed by atoms with Gasteiger partial charge in [0, 0.05) is 11.8 Å². The number of aromatic hydroxyl groups is 1. The Morgan fingerprint density at radius 1 is 1.47 bits per heavy atom. The van der Waals surface area contributed by atoms with Crippen molar-refractivity contribution >= 4 is 16.9 Å². The molecule has 78 valence electrons. The van der Waals surface area contributed by atoms with Crippen LogP contribution in [0.1, 0.15) is 12.2 Å². The van der Waals surface area contributed by atoms with Crippen LogP contribution in [0.4, 0.5) is 0 Å². The monoisotopic (exact) mass is 207 g/mol. The van der Waals surface area contributed by atoms with Crippen LogP contribution in [-0.2, 0) is 11.2 Å². The molecule has 0 aliphatic heterocycles. The van der Waals surface area contributed by atoms with Crippen molar-refractivity contribution in [1.82, 2.24) is 5.16 Å². The molecule has 0 radical (unpaired) electrons. The van der Waals surface area contributed by atoms with Crippen LogP contribution in [0.25, 0.3) is 10.9 Å². The molecule has 5 heteroatoms. The standard InChI is InChI=1S/C10H9NO4/c12-7-3-1-2-6-8(4-5-9(13)14)15-11-10(6)7/h1-3,12H,4-5H2,(H,13,14). The predicted octanol–water partition coefficient (Wildman–Crippen LogP) is 1.55. The van der Waals surface area contributed by atoms with Gasteiger partial charge in [-0.3, -0.25) is 4.79 Å². The van der Waals surface area contributed by atoms with E-state index >= 15 is 0 Å². The van der Waals surface area contributed by atoms with Gasteiger partial charge in [0.05, 0.1) is 6.42 Å². The molecule has 0 saturated heterocycles. The van der Waals surface area contributed by atoms with E-state index in [0.717, 1.165) is 0 Å². The normalized spacial score (nSPS) is 10.7. The Balaban J connectivity index is 2.37. The topological polar surface area (TPSA) is 83.6 Å². The summed E-state index contributed by atoms with van der Waals surface area (Å²) in [5, 5.41) is 22.3. The Morgan fingerprint density at radius 3 is 3.00 bits per heavy atom. The number of nitrogens with zero attached hydrogens (tertiary/aromatic N) is 1. The smallest absolute Gasteiger partial charge is 0.303 e. The maximum Gasteiger partial charge on any atom is 0.303 e. The molecule has 2 N–H and O–H groups in total. The first-order chi connectivity index (χ1) is 7.18. The lowest BCUT2D eigenvalue weighted by atomic mass is 10.1. The quantitative estimate of drug-likeness (QED) is 0.797. The average molecular weight is 207 g/mol. The fourth-order valence-corrected chi connectivity index (χ4v) is 1.40. The Labute approximate surface area is 84.9 Å². The lowest BCUT2D eigenvalue weighted by molar-refractivity contribution is -0.137. The van der Waals surface area contributed by atoms with Crippen LogP contribution >= 0.6 is 0 Å². The molecule has 1 aromatic carbocycles. The number of carboxylic acid groups (broad SMARTS) is 1. The first kappa shape index (κ1) is 9.51. The van der Waals surface area contributed by atoms with E-state index in [9.17, 15) is 9.90 Å². The Morgan fingerprint density at radius 2 is 2.27 bits per heavy atom. The van der Waals surface area contributed by atoms with Crippen molar-refractivity contribution in [3.05, 3.63) is 24.0 Å². The second-order valence-electron chi connectivity index (χ2n) is 3.17. The van der Waals surface area contributed by atoms with Gasteiger partial charge in [-0.25, -0.2) is 0 Å². The molecule has 0 unspecified atom stereocenters. The van der Waals surface area contributed by atoms with Gasteiger partial charge in [0.1, 0.15) is 11.5 Å². The highest BCUT2D eigenvalue weighted by Crippen LogP contribution is 2.26. The van der Waals surface area contributed by atoms with Crippen molar-refractivity contribution < 1.29 is 19.5 Å². The van der Waals surface area contributed by atoms with Crippen molar-refractivity contribution in [2.75, 3.05) is 0 Å². The molecule has 1 aromatic heterocycles. The Hall–Kier alpha value is -2.04. The molecule has 0 amide bonds. The summed E-state index contributed by atoms with van der Waals surface area (Å²) >= 11 is 0. The van der Waals surface area contributed by atoms with Crippen LogP contribution < -0.4 is 0 Å². The molecule has 0 fully saturated rings. The lowest BCUT2D eigenvalue weighted by Crippen LogP contribution is -1.96. The summed E-state index contributed by atoms with van der Waals surface area (Å²) in [5.41, 5.74) is 0.373. The van der Waals surface area contributed by atoms with Gasteiger partial charge in [0.15, 0.2) is 5.52 Å². The summed E-state index contributed by atoms with van der Waals surface area (Å²) in [6.07, 6.45) is 0.259. The zero-order valence-corrected chi connectivity index (χ0v) is 7.80. The van der Waals surface area contributed by atoms with E-state index in [1.54, 1.807) is 12.1 Å². The van der Waals surface area contributed by atoms with E-state index in [1.807, 2.05) is 0 Å². The summed E-state index contributed by atoms with van der Waals surface area (Å²) in [4.78, 5) is 10.4. The van der Waals surface area contributed by atoms with Gasteiger partial charge in [-0.15, -0.1) is 0 Å². The minimum absolute atomic E-state index is 0.0139. The van der Waals surface area contributed by atoms with Gasteiger partial charge in [-0.1, -0.05) is 11.2 Å². The number of carboxylic acids is 1. The van der Waals surface area contributed by atoms with Crippen molar-refractivity contribution in [3.63, 3.8) is 0 Å². The van der Waals surface area contributed by atoms with Crippen molar-refractivity contribution in [1.29, 1.82) is 0 Å². The van der Waals surface area contributed by atoms with Crippen molar-refractivity contribution in [2.45, 2.75) is 12.8 Å². The van der Waals surface area contributed by atoms with E-state index in [2.05, 4.69) is 5.16 Å². The third-order valence-corrected chi connectivity index (χ3v) is 2.13. The first-order valence-electron chi connectivity index (χ1n) is 4.46. The molecule has 0 atom stereocenters. The molecule has 15 heavy (non-hydrogen) atoms. The van der Waals surface area contributed by atoms with Crippen LogP contribution in [0, 0.1) is 0 Å². The Kier molecular flexibility index (Phi) is 2.29. The number of benzene rings is 1. The first-order valence-corrected chi connectivity index (χ1v) is 4.46. The summed E-state index contributed by atoms with van der Waals surface area (Å²) in [5.74, 6) is -0.360. The predicted molar refractivity (Wildman–Crippen MR) is 51.6 cm³/mol. The number of hydrogen-bond donors (Lipinski definition) is 2. The number of rotatable bonds is 3. The average Bonchev–Trinajstić information content (AvgIpc) is 2.59. The molecule has 0 saturated carbocycles. The van der Waals surface area contributed by atoms with Gasteiger partial charge >= 0.3 is 5.97 Å². The lowest BCUT2D eigenvalue weighted by Gasteiger charge is -1.93.